The van der Waals surface area contributed by atoms with E-state index in [1.807, 2.05) is 0 Å². The van der Waals surface area contributed by atoms with Crippen molar-refractivity contribution in [3.63, 3.8) is 0 Å². The van der Waals surface area contributed by atoms with E-state index in [2.05, 4.69) is 4.98 Å². The molecular formula is C13H9ClF2N2O. The minimum Gasteiger partial charge on any atom is -0.467 e. The van der Waals surface area contributed by atoms with Gasteiger partial charge in [-0.25, -0.2) is 13.8 Å². The Kier molecular flexibility index (Phi) is 2.98. The Balaban J connectivity index is 2.20. The first-order chi connectivity index (χ1) is 9.19. The van der Waals surface area contributed by atoms with Crippen molar-refractivity contribution in [1.29, 1.82) is 0 Å². The van der Waals surface area contributed by atoms with Crippen molar-refractivity contribution in [1.82, 2.24) is 9.55 Å². The van der Waals surface area contributed by atoms with Gasteiger partial charge >= 0.3 is 0 Å². The lowest BCUT2D eigenvalue weighted by molar-refractivity contribution is 0.493. The van der Waals surface area contributed by atoms with Crippen molar-refractivity contribution in [3.05, 3.63) is 53.7 Å². The molecule has 98 valence electrons. The smallest absolute Gasteiger partial charge is 0.153 e. The van der Waals surface area contributed by atoms with Crippen molar-refractivity contribution in [2.24, 2.45) is 0 Å². The number of nitrogens with zero attached hydrogens (tertiary/aromatic N) is 2. The van der Waals surface area contributed by atoms with Crippen LogP contribution >= 0.6 is 11.6 Å². The summed E-state index contributed by atoms with van der Waals surface area (Å²) < 4.78 is 33.9. The average molecular weight is 283 g/mol. The fourth-order valence-electron chi connectivity index (χ4n) is 2.03. The van der Waals surface area contributed by atoms with Gasteiger partial charge in [0, 0.05) is 6.07 Å². The van der Waals surface area contributed by atoms with Crippen LogP contribution in [0.5, 0.6) is 0 Å². The largest absolute Gasteiger partial charge is 0.467 e. The Labute approximate surface area is 112 Å². The molecule has 19 heavy (non-hydrogen) atoms. The number of aromatic nitrogens is 2. The van der Waals surface area contributed by atoms with E-state index in [0.29, 0.717) is 23.6 Å². The monoisotopic (exact) mass is 282 g/mol. The summed E-state index contributed by atoms with van der Waals surface area (Å²) in [5, 5.41) is 0. The molecule has 0 saturated carbocycles. The lowest BCUT2D eigenvalue weighted by Crippen LogP contribution is -2.03. The lowest BCUT2D eigenvalue weighted by Gasteiger charge is -2.05. The van der Waals surface area contributed by atoms with Crippen LogP contribution in [-0.2, 0) is 12.4 Å². The highest BCUT2D eigenvalue weighted by atomic mass is 35.5. The van der Waals surface area contributed by atoms with Crippen LogP contribution in [0.25, 0.3) is 11.0 Å². The Morgan fingerprint density at radius 2 is 2.16 bits per heavy atom. The van der Waals surface area contributed by atoms with Gasteiger partial charge in [-0.05, 0) is 18.2 Å². The summed E-state index contributed by atoms with van der Waals surface area (Å²) in [7, 11) is 0. The second kappa shape index (κ2) is 4.66. The highest BCUT2D eigenvalue weighted by Crippen LogP contribution is 2.23. The maximum atomic E-state index is 13.7. The molecule has 0 N–H and O–H groups in total. The maximum Gasteiger partial charge on any atom is 0.153 e. The Morgan fingerprint density at radius 3 is 2.84 bits per heavy atom. The zero-order valence-corrected chi connectivity index (χ0v) is 10.5. The van der Waals surface area contributed by atoms with Crippen LogP contribution in [-0.4, -0.2) is 9.55 Å². The second-order valence-corrected chi connectivity index (χ2v) is 4.35. The fraction of sp³-hybridized carbons (Fsp3) is 0.154. The molecule has 3 rings (SSSR count). The molecule has 6 heteroatoms. The van der Waals surface area contributed by atoms with Crippen molar-refractivity contribution < 1.29 is 13.2 Å². The van der Waals surface area contributed by atoms with E-state index in [4.69, 9.17) is 16.0 Å². The van der Waals surface area contributed by atoms with E-state index in [1.54, 1.807) is 16.7 Å². The number of furan rings is 1. The summed E-state index contributed by atoms with van der Waals surface area (Å²) in [5.41, 5.74) is 0.480. The standard InChI is InChI=1S/C13H9ClF2N2O/c14-6-12-17-13-10(16)4-8(15)5-11(13)18(12)7-9-2-1-3-19-9/h1-5H,6-7H2. The van der Waals surface area contributed by atoms with Gasteiger partial charge in [-0.2, -0.15) is 0 Å². The molecule has 0 atom stereocenters. The zero-order chi connectivity index (χ0) is 13.4. The third-order valence-corrected chi connectivity index (χ3v) is 3.10. The molecule has 1 aromatic carbocycles. The SMILES string of the molecule is Fc1cc(F)c2nc(CCl)n(Cc3ccco3)c2c1. The van der Waals surface area contributed by atoms with Crippen LogP contribution in [0.3, 0.4) is 0 Å². The first kappa shape index (κ1) is 12.2. The predicted molar refractivity (Wildman–Crippen MR) is 67.0 cm³/mol. The van der Waals surface area contributed by atoms with Gasteiger partial charge in [0.2, 0.25) is 0 Å². The summed E-state index contributed by atoms with van der Waals surface area (Å²) in [6.07, 6.45) is 1.54. The number of imidazole rings is 1. The molecule has 0 saturated heterocycles. The van der Waals surface area contributed by atoms with Crippen molar-refractivity contribution in [3.8, 4) is 0 Å². The predicted octanol–water partition coefficient (Wildman–Crippen LogP) is 3.69. The second-order valence-electron chi connectivity index (χ2n) is 4.08. The normalized spacial score (nSPS) is 11.3. The molecule has 0 unspecified atom stereocenters. The Bertz CT molecular complexity index is 722. The molecule has 0 radical (unpaired) electrons. The molecule has 0 fully saturated rings. The van der Waals surface area contributed by atoms with Gasteiger partial charge in [-0.1, -0.05) is 0 Å². The molecule has 3 nitrogen and oxygen atoms in total. The number of fused-ring (bicyclic) bond motifs is 1. The lowest BCUT2D eigenvalue weighted by atomic mass is 10.3. The minimum absolute atomic E-state index is 0.108. The average Bonchev–Trinajstić information content (AvgIpc) is 2.99. The Hall–Kier alpha value is -1.88. The van der Waals surface area contributed by atoms with Crippen LogP contribution in [0.1, 0.15) is 11.6 Å². The van der Waals surface area contributed by atoms with Gasteiger partial charge in [-0.3, -0.25) is 0 Å². The van der Waals surface area contributed by atoms with E-state index in [0.717, 1.165) is 6.07 Å². The minimum atomic E-state index is -0.695. The summed E-state index contributed by atoms with van der Waals surface area (Å²) >= 11 is 5.81. The van der Waals surface area contributed by atoms with E-state index in [1.165, 1.54) is 12.3 Å². The molecule has 2 aromatic heterocycles. The number of hydrogen-bond acceptors (Lipinski definition) is 2. The highest BCUT2D eigenvalue weighted by molar-refractivity contribution is 6.16. The quantitative estimate of drug-likeness (QED) is 0.686. The van der Waals surface area contributed by atoms with Crippen LogP contribution in [0.15, 0.2) is 34.9 Å². The third-order valence-electron chi connectivity index (χ3n) is 2.86. The van der Waals surface area contributed by atoms with E-state index in [-0.39, 0.29) is 11.4 Å². The van der Waals surface area contributed by atoms with Gasteiger partial charge in [0.25, 0.3) is 0 Å². The van der Waals surface area contributed by atoms with Crippen molar-refractivity contribution in [2.45, 2.75) is 12.4 Å². The van der Waals surface area contributed by atoms with Crippen LogP contribution in [0.4, 0.5) is 8.78 Å². The molecule has 3 aromatic rings. The summed E-state index contributed by atoms with van der Waals surface area (Å²) in [5.74, 6) is -0.102. The van der Waals surface area contributed by atoms with Crippen LogP contribution in [0.2, 0.25) is 0 Å². The first-order valence-electron chi connectivity index (χ1n) is 5.61. The summed E-state index contributed by atoms with van der Waals surface area (Å²) in [4.78, 5) is 4.10. The van der Waals surface area contributed by atoms with Gasteiger partial charge in [0.15, 0.2) is 5.82 Å². The zero-order valence-electron chi connectivity index (χ0n) is 9.74. The molecule has 0 bridgehead atoms. The first-order valence-corrected chi connectivity index (χ1v) is 6.15. The highest BCUT2D eigenvalue weighted by Gasteiger charge is 2.15. The summed E-state index contributed by atoms with van der Waals surface area (Å²) in [6, 6.07) is 5.57. The number of alkyl halides is 1. The van der Waals surface area contributed by atoms with Crippen LogP contribution in [0, 0.1) is 11.6 Å². The summed E-state index contributed by atoms with van der Waals surface area (Å²) in [6.45, 7) is 0.328. The van der Waals surface area contributed by atoms with Gasteiger partial charge in [0.1, 0.15) is 22.9 Å². The number of halogens is 3. The molecule has 0 spiro atoms. The molecular weight excluding hydrogens is 274 g/mol. The topological polar surface area (TPSA) is 31.0 Å². The molecule has 0 aliphatic rings. The molecule has 2 heterocycles. The number of hydrogen-bond donors (Lipinski definition) is 0. The van der Waals surface area contributed by atoms with E-state index >= 15 is 0 Å². The molecule has 0 aliphatic heterocycles. The third kappa shape index (κ3) is 2.10. The fourth-order valence-corrected chi connectivity index (χ4v) is 2.24. The molecule has 0 aliphatic carbocycles. The number of benzene rings is 1. The van der Waals surface area contributed by atoms with E-state index in [9.17, 15) is 8.78 Å². The maximum absolute atomic E-state index is 13.7. The van der Waals surface area contributed by atoms with Gasteiger partial charge in [-0.15, -0.1) is 11.6 Å². The van der Waals surface area contributed by atoms with Crippen LogP contribution < -0.4 is 0 Å². The van der Waals surface area contributed by atoms with Gasteiger partial charge < -0.3 is 8.98 Å². The van der Waals surface area contributed by atoms with Crippen molar-refractivity contribution in [2.75, 3.05) is 0 Å². The van der Waals surface area contributed by atoms with Crippen molar-refractivity contribution >= 4 is 22.6 Å². The van der Waals surface area contributed by atoms with Gasteiger partial charge in [0.05, 0.1) is 24.2 Å². The van der Waals surface area contributed by atoms with E-state index < -0.39 is 11.6 Å². The molecule has 0 amide bonds. The number of rotatable bonds is 3. The Morgan fingerprint density at radius 1 is 1.32 bits per heavy atom.